The molecule has 0 saturated heterocycles. The van der Waals surface area contributed by atoms with Crippen LogP contribution in [0.15, 0.2) is 153 Å². The van der Waals surface area contributed by atoms with Crippen molar-refractivity contribution in [3.05, 3.63) is 153 Å². The number of carbonyl (C=O) groups is 4. The molecule has 0 radical (unpaired) electrons. The van der Waals surface area contributed by atoms with Crippen molar-refractivity contribution in [2.75, 3.05) is 13.2 Å². The second-order valence-corrected chi connectivity index (χ2v) is 17.4. The molecular formula is C53H68O14. The molecule has 14 heteroatoms. The summed E-state index contributed by atoms with van der Waals surface area (Å²) in [6.45, 7) is 20.6. The molecule has 0 aromatic carbocycles. The van der Waals surface area contributed by atoms with Gasteiger partial charge in [-0.1, -0.05) is 142 Å². The fraction of sp³-hybridized carbons (Fsp3) is 0.434. The molecule has 6 N–H and O–H groups in total. The molecule has 0 aromatic rings. The minimum Gasteiger partial charge on any atom is -0.505 e. The predicted molar refractivity (Wildman–Crippen MR) is 255 cm³/mol. The van der Waals surface area contributed by atoms with Crippen LogP contribution in [0.5, 0.6) is 0 Å². The number of cyclic esters (lactones) is 2. The van der Waals surface area contributed by atoms with Crippen LogP contribution in [-0.2, 0) is 38.1 Å². The normalized spacial score (nSPS) is 25.8. The van der Waals surface area contributed by atoms with E-state index in [0.717, 1.165) is 33.4 Å². The molecular weight excluding hydrogens is 861 g/mol. The Morgan fingerprint density at radius 1 is 0.642 bits per heavy atom. The van der Waals surface area contributed by atoms with E-state index in [1.807, 2.05) is 147 Å². The molecule has 7 atom stereocenters. The topological polar surface area (TPSA) is 227 Å². The van der Waals surface area contributed by atoms with E-state index in [1.165, 1.54) is 0 Å². The average molecular weight is 929 g/mol. The summed E-state index contributed by atoms with van der Waals surface area (Å²) >= 11 is 0. The number of ether oxygens (including phenoxy) is 4. The average Bonchev–Trinajstić information content (AvgIpc) is 3.70. The molecule has 0 fully saturated rings. The lowest BCUT2D eigenvalue weighted by atomic mass is 9.71. The van der Waals surface area contributed by atoms with Gasteiger partial charge in [0.15, 0.2) is 35.3 Å². The Hall–Kier alpha value is -6.06. The van der Waals surface area contributed by atoms with Crippen LogP contribution in [0.2, 0.25) is 0 Å². The molecule has 2 aliphatic heterocycles. The van der Waals surface area contributed by atoms with E-state index >= 15 is 0 Å². The Balaban J connectivity index is 0.00000587. The van der Waals surface area contributed by atoms with Gasteiger partial charge in [0, 0.05) is 0 Å². The van der Waals surface area contributed by atoms with E-state index in [1.54, 1.807) is 13.8 Å². The first-order chi connectivity index (χ1) is 31.5. The molecule has 0 bridgehead atoms. The lowest BCUT2D eigenvalue weighted by Gasteiger charge is -2.37. The molecule has 0 aromatic heterocycles. The molecule has 67 heavy (non-hydrogen) atoms. The Bertz CT molecular complexity index is 2300. The summed E-state index contributed by atoms with van der Waals surface area (Å²) in [5.74, 6) is -6.17. The zero-order valence-corrected chi connectivity index (χ0v) is 40.4. The Labute approximate surface area is 394 Å². The first kappa shape index (κ1) is 55.3. The van der Waals surface area contributed by atoms with Gasteiger partial charge in [-0.3, -0.25) is 9.59 Å². The third kappa shape index (κ3) is 15.0. The Kier molecular flexibility index (Phi) is 20.8. The molecule has 4 rings (SSSR count). The van der Waals surface area contributed by atoms with Crippen LogP contribution in [0, 0.1) is 11.3 Å². The number of rotatable bonds is 18. The van der Waals surface area contributed by atoms with Crippen LogP contribution in [-0.4, -0.2) is 104 Å². The van der Waals surface area contributed by atoms with Crippen molar-refractivity contribution < 1.29 is 68.8 Å². The molecule has 7 unspecified atom stereocenters. The molecule has 0 spiro atoms. The second-order valence-electron chi connectivity index (χ2n) is 17.4. The minimum absolute atomic E-state index is 0.0158. The van der Waals surface area contributed by atoms with Gasteiger partial charge in [-0.2, -0.15) is 0 Å². The summed E-state index contributed by atoms with van der Waals surface area (Å²) in [5, 5.41) is 59.4. The zero-order valence-electron chi connectivity index (χ0n) is 40.4. The van der Waals surface area contributed by atoms with Crippen LogP contribution < -0.4 is 0 Å². The smallest absolute Gasteiger partial charge is 0.377 e. The van der Waals surface area contributed by atoms with E-state index in [0.29, 0.717) is 24.0 Å². The van der Waals surface area contributed by atoms with E-state index < -0.39 is 77.0 Å². The summed E-state index contributed by atoms with van der Waals surface area (Å²) in [4.78, 5) is 49.3. The van der Waals surface area contributed by atoms with Gasteiger partial charge in [0.2, 0.25) is 11.5 Å². The largest absolute Gasteiger partial charge is 0.505 e. The maximum atomic E-state index is 13.2. The second kappa shape index (κ2) is 25.2. The summed E-state index contributed by atoms with van der Waals surface area (Å²) in [6, 6.07) is 0. The minimum atomic E-state index is -1.47. The molecule has 364 valence electrons. The number of aliphatic hydroxyl groups excluding tert-OH is 6. The lowest BCUT2D eigenvalue weighted by molar-refractivity contribution is -0.151. The molecule has 4 aliphatic rings. The van der Waals surface area contributed by atoms with Crippen molar-refractivity contribution in [3.63, 3.8) is 0 Å². The van der Waals surface area contributed by atoms with Gasteiger partial charge in [0.1, 0.15) is 24.4 Å². The van der Waals surface area contributed by atoms with Crippen LogP contribution in [0.3, 0.4) is 0 Å². The number of allylic oxidation sites excluding steroid dienone is 20. The summed E-state index contributed by atoms with van der Waals surface area (Å²) in [5.41, 5.74) is 6.45. The number of aliphatic hydroxyl groups is 6. The Morgan fingerprint density at radius 3 is 1.49 bits per heavy atom. The molecule has 2 heterocycles. The maximum absolute atomic E-state index is 13.2. The highest BCUT2D eigenvalue weighted by molar-refractivity contribution is 6.01. The quantitative estimate of drug-likeness (QED) is 0.0558. The Morgan fingerprint density at radius 2 is 1.04 bits per heavy atom. The van der Waals surface area contributed by atoms with Crippen molar-refractivity contribution in [1.82, 2.24) is 0 Å². The van der Waals surface area contributed by atoms with Crippen molar-refractivity contribution in [3.8, 4) is 0 Å². The van der Waals surface area contributed by atoms with Crippen molar-refractivity contribution >= 4 is 23.5 Å². The van der Waals surface area contributed by atoms with Crippen molar-refractivity contribution in [2.45, 2.75) is 126 Å². The molecule has 14 nitrogen and oxygen atoms in total. The fourth-order valence-electron chi connectivity index (χ4n) is 7.61. The number of hydrogen-bond donors (Lipinski definition) is 6. The van der Waals surface area contributed by atoms with E-state index in [9.17, 15) is 49.8 Å². The third-order valence-electron chi connectivity index (χ3n) is 11.5. The third-order valence-corrected chi connectivity index (χ3v) is 11.5. The number of carbonyl (C=O) groups excluding carboxylic acids is 4. The highest BCUT2D eigenvalue weighted by Gasteiger charge is 2.43. The van der Waals surface area contributed by atoms with Crippen molar-refractivity contribution in [2.24, 2.45) is 11.3 Å². The summed E-state index contributed by atoms with van der Waals surface area (Å²) < 4.78 is 21.0. The van der Waals surface area contributed by atoms with Crippen molar-refractivity contribution in [1.29, 1.82) is 0 Å². The highest BCUT2D eigenvalue weighted by atomic mass is 16.6. The van der Waals surface area contributed by atoms with Gasteiger partial charge in [-0.25, -0.2) is 9.59 Å². The van der Waals surface area contributed by atoms with Crippen LogP contribution in [0.25, 0.3) is 0 Å². The summed E-state index contributed by atoms with van der Waals surface area (Å²) in [7, 11) is 0. The van der Waals surface area contributed by atoms with Gasteiger partial charge in [0.05, 0.1) is 13.2 Å². The highest BCUT2D eigenvalue weighted by Crippen LogP contribution is 2.41. The van der Waals surface area contributed by atoms with Gasteiger partial charge < -0.3 is 49.6 Å². The standard InChI is InChI=1S/C51H62O14.C2H6/c1-28(16-12-18-30(3)20-22-35-32(5)24-39(41(54)33(35)6)62-26-37(52)47-43(56)45(58)49(60)64-47)14-10-11-15-29(2)17-13-19-31(4)21-23-36-34(7)42(55)40(25-51(36,8)9)63-27-38(53)48-44(57)46(59)50(61)65-48;1-2/h10-23,32,37-40,47-48,52-53,56-59H,24-27H2,1-9H3;1-2H3/b11-10+,16-12+,17-13+,22-20+,23-21+,28-14+,29-15+,30-18+,31-19+;. The van der Waals surface area contributed by atoms with Gasteiger partial charge >= 0.3 is 11.9 Å². The molecule has 0 amide bonds. The fourth-order valence-corrected chi connectivity index (χ4v) is 7.61. The van der Waals surface area contributed by atoms with E-state index in [2.05, 4.69) is 0 Å². The van der Waals surface area contributed by atoms with Gasteiger partial charge in [0.25, 0.3) is 0 Å². The first-order valence-corrected chi connectivity index (χ1v) is 22.4. The number of Topliss-reactive ketones (excluding diaryl/α,β-unsaturated/α-hetero) is 2. The SMILES string of the molecule is CC.CC1=C(/C=C/C(C)=C/C=C/C(C)=C/C=C/C=C(C)/C=C/C=C(C)/C=C/C2=C(C)C(=O)C(OCC(O)C3OC(=O)C(O)=C3O)CC2(C)C)C(C)CC(OCC(O)C2OC(=O)C(O)=C2O)C1=O. The number of ketones is 2. The molecule has 0 saturated carbocycles. The van der Waals surface area contributed by atoms with Crippen LogP contribution >= 0.6 is 0 Å². The number of hydrogen-bond acceptors (Lipinski definition) is 14. The zero-order chi connectivity index (χ0) is 50.3. The van der Waals surface area contributed by atoms with E-state index in [-0.39, 0.29) is 30.7 Å². The van der Waals surface area contributed by atoms with Crippen LogP contribution in [0.1, 0.15) is 89.0 Å². The summed E-state index contributed by atoms with van der Waals surface area (Å²) in [6.07, 6.45) is 20.8. The number of esters is 2. The first-order valence-electron chi connectivity index (χ1n) is 22.4. The maximum Gasteiger partial charge on any atom is 0.377 e. The lowest BCUT2D eigenvalue weighted by Crippen LogP contribution is -2.41. The van der Waals surface area contributed by atoms with Gasteiger partial charge in [-0.05, 0) is 88.0 Å². The van der Waals surface area contributed by atoms with Crippen LogP contribution in [0.4, 0.5) is 0 Å². The van der Waals surface area contributed by atoms with E-state index in [4.69, 9.17) is 18.9 Å². The monoisotopic (exact) mass is 928 g/mol. The molecule has 2 aliphatic carbocycles. The van der Waals surface area contributed by atoms with Gasteiger partial charge in [-0.15, -0.1) is 0 Å². The predicted octanol–water partition coefficient (Wildman–Crippen LogP) is 8.82.